The van der Waals surface area contributed by atoms with E-state index in [1.54, 1.807) is 23.7 Å². The van der Waals surface area contributed by atoms with Crippen molar-refractivity contribution in [3.8, 4) is 11.3 Å². The van der Waals surface area contributed by atoms with E-state index in [9.17, 15) is 4.79 Å². The molecule has 3 aromatic heterocycles. The summed E-state index contributed by atoms with van der Waals surface area (Å²) in [6.45, 7) is 2.00. The van der Waals surface area contributed by atoms with Gasteiger partial charge in [0.2, 0.25) is 0 Å². The van der Waals surface area contributed by atoms with Gasteiger partial charge >= 0.3 is 0 Å². The van der Waals surface area contributed by atoms with Gasteiger partial charge in [0.25, 0.3) is 0 Å². The molecule has 0 radical (unpaired) electrons. The predicted molar refractivity (Wildman–Crippen MR) is 66.4 cm³/mol. The third-order valence-electron chi connectivity index (χ3n) is 2.54. The maximum Gasteiger partial charge on any atom is 0.195 e. The summed E-state index contributed by atoms with van der Waals surface area (Å²) in [7, 11) is 0. The number of aldehydes is 1. The number of aryl methyl sites for hydroxylation is 1. The van der Waals surface area contributed by atoms with Crippen molar-refractivity contribution in [3.05, 3.63) is 41.3 Å². The molecule has 0 aliphatic heterocycles. The quantitative estimate of drug-likeness (QED) is 0.650. The number of fused-ring (bicyclic) bond motifs is 1. The fourth-order valence-electron chi connectivity index (χ4n) is 1.81. The lowest BCUT2D eigenvalue weighted by Gasteiger charge is -1.96. The normalized spacial score (nSPS) is 10.9. The number of carbonyl (C=O) groups excluding carboxylic acids is 1. The van der Waals surface area contributed by atoms with Gasteiger partial charge in [0.1, 0.15) is 11.4 Å². The van der Waals surface area contributed by atoms with E-state index in [0.29, 0.717) is 11.4 Å². The van der Waals surface area contributed by atoms with Crippen LogP contribution in [0.1, 0.15) is 15.4 Å². The van der Waals surface area contributed by atoms with Gasteiger partial charge in [-0.2, -0.15) is 0 Å². The lowest BCUT2D eigenvalue weighted by Crippen LogP contribution is -1.90. The Morgan fingerprint density at radius 2 is 2.12 bits per heavy atom. The van der Waals surface area contributed by atoms with Crippen LogP contribution in [0.3, 0.4) is 0 Å². The Hall–Kier alpha value is -2.01. The highest BCUT2D eigenvalue weighted by molar-refractivity contribution is 7.17. The molecule has 0 N–H and O–H groups in total. The maximum absolute atomic E-state index is 11.2. The van der Waals surface area contributed by atoms with Crippen LogP contribution in [0.2, 0.25) is 0 Å². The Labute approximate surface area is 102 Å². The topological polar surface area (TPSA) is 47.3 Å². The zero-order chi connectivity index (χ0) is 11.8. The largest absolute Gasteiger partial charge is 0.296 e. The summed E-state index contributed by atoms with van der Waals surface area (Å²) in [6, 6.07) is 3.71. The third-order valence-corrected chi connectivity index (χ3v) is 3.44. The number of hydrogen-bond donors (Lipinski definition) is 0. The van der Waals surface area contributed by atoms with E-state index in [0.717, 1.165) is 21.7 Å². The number of thiazole rings is 1. The number of imidazole rings is 1. The van der Waals surface area contributed by atoms with Gasteiger partial charge in [-0.25, -0.2) is 4.98 Å². The molecule has 0 bridgehead atoms. The molecular weight excluding hydrogens is 234 g/mol. The highest BCUT2D eigenvalue weighted by Crippen LogP contribution is 2.26. The molecule has 0 fully saturated rings. The first-order valence-electron chi connectivity index (χ1n) is 5.13. The molecule has 84 valence electrons. The van der Waals surface area contributed by atoms with Crippen molar-refractivity contribution in [1.29, 1.82) is 0 Å². The molecule has 0 saturated carbocycles. The van der Waals surface area contributed by atoms with E-state index >= 15 is 0 Å². The molecule has 0 atom stereocenters. The van der Waals surface area contributed by atoms with Gasteiger partial charge in [0, 0.05) is 29.0 Å². The van der Waals surface area contributed by atoms with Crippen LogP contribution in [0.5, 0.6) is 0 Å². The minimum Gasteiger partial charge on any atom is -0.296 e. The van der Waals surface area contributed by atoms with E-state index in [-0.39, 0.29) is 0 Å². The molecule has 4 nitrogen and oxygen atoms in total. The number of carbonyl (C=O) groups is 1. The fraction of sp³-hybridized carbons (Fsp3) is 0.0833. The van der Waals surface area contributed by atoms with Gasteiger partial charge in [0.05, 0.1) is 0 Å². The Bertz CT molecular complexity index is 684. The van der Waals surface area contributed by atoms with Crippen molar-refractivity contribution < 1.29 is 4.79 Å². The third kappa shape index (κ3) is 1.55. The Morgan fingerprint density at radius 3 is 2.82 bits per heavy atom. The molecule has 0 aliphatic rings. The predicted octanol–water partition coefficient (Wildman–Crippen LogP) is 2.58. The standard InChI is InChI=1S/C12H9N3OS/c1-8-6-15-10(7-16)11(14-12(15)17-8)9-2-4-13-5-3-9/h2-7H,1H3. The summed E-state index contributed by atoms with van der Waals surface area (Å²) in [4.78, 5) is 21.7. The molecule has 5 heteroatoms. The van der Waals surface area contributed by atoms with E-state index in [2.05, 4.69) is 9.97 Å². The number of pyridine rings is 1. The van der Waals surface area contributed by atoms with Gasteiger partial charge in [-0.1, -0.05) is 0 Å². The van der Waals surface area contributed by atoms with Crippen molar-refractivity contribution >= 4 is 22.6 Å². The fourth-order valence-corrected chi connectivity index (χ4v) is 2.64. The van der Waals surface area contributed by atoms with E-state index in [1.807, 2.05) is 29.7 Å². The Morgan fingerprint density at radius 1 is 1.35 bits per heavy atom. The van der Waals surface area contributed by atoms with Crippen molar-refractivity contribution in [2.75, 3.05) is 0 Å². The zero-order valence-corrected chi connectivity index (χ0v) is 9.94. The van der Waals surface area contributed by atoms with Crippen LogP contribution in [0.15, 0.2) is 30.7 Å². The molecule has 3 heterocycles. The van der Waals surface area contributed by atoms with Crippen molar-refractivity contribution in [2.24, 2.45) is 0 Å². The van der Waals surface area contributed by atoms with Crippen LogP contribution >= 0.6 is 11.3 Å². The van der Waals surface area contributed by atoms with Crippen molar-refractivity contribution in [2.45, 2.75) is 6.92 Å². The van der Waals surface area contributed by atoms with Gasteiger partial charge in [0.15, 0.2) is 11.2 Å². The summed E-state index contributed by atoms with van der Waals surface area (Å²) in [5.74, 6) is 0. The number of hydrogen-bond acceptors (Lipinski definition) is 4. The van der Waals surface area contributed by atoms with Crippen LogP contribution in [-0.4, -0.2) is 20.7 Å². The highest BCUT2D eigenvalue weighted by Gasteiger charge is 2.14. The second-order valence-electron chi connectivity index (χ2n) is 3.69. The molecule has 0 unspecified atom stereocenters. The SMILES string of the molecule is Cc1cn2c(C=O)c(-c3ccncc3)nc2s1. The lowest BCUT2D eigenvalue weighted by molar-refractivity contribution is 0.111. The molecule has 0 aromatic carbocycles. The van der Waals surface area contributed by atoms with Crippen LogP contribution in [0.4, 0.5) is 0 Å². The van der Waals surface area contributed by atoms with Gasteiger partial charge in [-0.3, -0.25) is 14.2 Å². The van der Waals surface area contributed by atoms with Crippen LogP contribution < -0.4 is 0 Å². The molecular formula is C12H9N3OS. The molecule has 0 spiro atoms. The first-order chi connectivity index (χ1) is 8.29. The average Bonchev–Trinajstić information content (AvgIpc) is 2.85. The second kappa shape index (κ2) is 3.78. The number of rotatable bonds is 2. The smallest absolute Gasteiger partial charge is 0.195 e. The average molecular weight is 243 g/mol. The van der Waals surface area contributed by atoms with Crippen molar-refractivity contribution in [3.63, 3.8) is 0 Å². The Balaban J connectivity index is 2.30. The molecule has 0 aliphatic carbocycles. The minimum atomic E-state index is 0.593. The van der Waals surface area contributed by atoms with Crippen molar-refractivity contribution in [1.82, 2.24) is 14.4 Å². The summed E-state index contributed by atoms with van der Waals surface area (Å²) in [6.07, 6.45) is 6.18. The summed E-state index contributed by atoms with van der Waals surface area (Å²) in [5.41, 5.74) is 2.22. The van der Waals surface area contributed by atoms with E-state index in [4.69, 9.17) is 0 Å². The summed E-state index contributed by atoms with van der Waals surface area (Å²) < 4.78 is 1.84. The second-order valence-corrected chi connectivity index (χ2v) is 4.91. The van der Waals surface area contributed by atoms with E-state index in [1.165, 1.54) is 0 Å². The molecule has 17 heavy (non-hydrogen) atoms. The monoisotopic (exact) mass is 243 g/mol. The summed E-state index contributed by atoms with van der Waals surface area (Å²) in [5, 5.41) is 0. The number of aromatic nitrogens is 3. The molecule has 3 aromatic rings. The van der Waals surface area contributed by atoms with Gasteiger partial charge in [-0.15, -0.1) is 11.3 Å². The van der Waals surface area contributed by atoms with Crippen LogP contribution in [0, 0.1) is 6.92 Å². The molecule has 0 amide bonds. The molecule has 3 rings (SSSR count). The maximum atomic E-state index is 11.2. The first-order valence-corrected chi connectivity index (χ1v) is 5.95. The highest BCUT2D eigenvalue weighted by atomic mass is 32.1. The van der Waals surface area contributed by atoms with Crippen LogP contribution in [-0.2, 0) is 0 Å². The van der Waals surface area contributed by atoms with Gasteiger partial charge in [-0.05, 0) is 19.1 Å². The van der Waals surface area contributed by atoms with E-state index < -0.39 is 0 Å². The number of nitrogens with zero attached hydrogens (tertiary/aromatic N) is 3. The minimum absolute atomic E-state index is 0.593. The Kier molecular flexibility index (Phi) is 2.26. The van der Waals surface area contributed by atoms with Gasteiger partial charge < -0.3 is 0 Å². The zero-order valence-electron chi connectivity index (χ0n) is 9.12. The molecule has 0 saturated heterocycles. The lowest BCUT2D eigenvalue weighted by atomic mass is 10.2. The van der Waals surface area contributed by atoms with Crippen LogP contribution in [0.25, 0.3) is 16.2 Å². The first kappa shape index (κ1) is 10.2. The summed E-state index contributed by atoms with van der Waals surface area (Å²) >= 11 is 1.57.